The predicted molar refractivity (Wildman–Crippen MR) is 67.7 cm³/mol. The third kappa shape index (κ3) is 3.98. The molecule has 0 bridgehead atoms. The number of nitrogens with zero attached hydrogens (tertiary/aromatic N) is 2. The number of methoxy groups -OCH3 is 1. The molecule has 0 aliphatic rings. The molecule has 1 aromatic rings. The second-order valence-corrected chi connectivity index (χ2v) is 5.61. The zero-order valence-electron chi connectivity index (χ0n) is 10.4. The molecule has 0 aromatic carbocycles. The van der Waals surface area contributed by atoms with E-state index in [0.717, 1.165) is 12.0 Å². The molecule has 0 aliphatic heterocycles. The molecule has 17 heavy (non-hydrogen) atoms. The number of aromatic nitrogens is 1. The van der Waals surface area contributed by atoms with E-state index in [4.69, 9.17) is 4.74 Å². The van der Waals surface area contributed by atoms with Crippen molar-refractivity contribution in [2.75, 3.05) is 30.8 Å². The van der Waals surface area contributed by atoms with Crippen LogP contribution < -0.4 is 4.31 Å². The normalized spacial score (nSPS) is 11.5. The monoisotopic (exact) mass is 258 g/mol. The zero-order chi connectivity index (χ0) is 12.9. The minimum atomic E-state index is -3.32. The fourth-order valence-corrected chi connectivity index (χ4v) is 2.29. The summed E-state index contributed by atoms with van der Waals surface area (Å²) in [6.07, 6.45) is 3.64. The average Bonchev–Trinajstić information content (AvgIpc) is 2.28. The van der Waals surface area contributed by atoms with Crippen molar-refractivity contribution in [1.29, 1.82) is 0 Å². The fraction of sp³-hybridized carbons (Fsp3) is 0.545. The van der Waals surface area contributed by atoms with Gasteiger partial charge < -0.3 is 4.74 Å². The van der Waals surface area contributed by atoms with Crippen molar-refractivity contribution in [3.05, 3.63) is 23.9 Å². The Kier molecular flexibility index (Phi) is 4.89. The van der Waals surface area contributed by atoms with Crippen molar-refractivity contribution >= 4 is 15.8 Å². The van der Waals surface area contributed by atoms with Gasteiger partial charge in [-0.05, 0) is 24.1 Å². The number of sulfonamides is 1. The van der Waals surface area contributed by atoms with Crippen LogP contribution in [0.2, 0.25) is 0 Å². The summed E-state index contributed by atoms with van der Waals surface area (Å²) >= 11 is 0. The van der Waals surface area contributed by atoms with E-state index >= 15 is 0 Å². The van der Waals surface area contributed by atoms with Crippen LogP contribution in [0.25, 0.3) is 0 Å². The number of rotatable bonds is 6. The lowest BCUT2D eigenvalue weighted by Gasteiger charge is -2.21. The van der Waals surface area contributed by atoms with Crippen LogP contribution in [0, 0.1) is 0 Å². The van der Waals surface area contributed by atoms with E-state index in [1.807, 2.05) is 13.0 Å². The highest BCUT2D eigenvalue weighted by Crippen LogP contribution is 2.15. The van der Waals surface area contributed by atoms with Gasteiger partial charge in [0.05, 0.1) is 19.4 Å². The first kappa shape index (κ1) is 13.9. The average molecular weight is 258 g/mol. The van der Waals surface area contributed by atoms with Crippen LogP contribution in [-0.2, 0) is 21.2 Å². The molecule has 0 spiro atoms. The minimum Gasteiger partial charge on any atom is -0.383 e. The van der Waals surface area contributed by atoms with Crippen LogP contribution >= 0.6 is 0 Å². The van der Waals surface area contributed by atoms with Gasteiger partial charge >= 0.3 is 0 Å². The number of anilines is 1. The first-order valence-electron chi connectivity index (χ1n) is 5.40. The summed E-state index contributed by atoms with van der Waals surface area (Å²) in [5, 5.41) is 0. The van der Waals surface area contributed by atoms with Gasteiger partial charge in [-0.15, -0.1) is 0 Å². The summed E-state index contributed by atoms with van der Waals surface area (Å²) in [4.78, 5) is 4.10. The highest BCUT2D eigenvalue weighted by molar-refractivity contribution is 7.92. The molecule has 0 atom stereocenters. The summed E-state index contributed by atoms with van der Waals surface area (Å²) in [5.41, 5.74) is 1.06. The molecule has 0 saturated carbocycles. The molecule has 0 saturated heterocycles. The van der Waals surface area contributed by atoms with Gasteiger partial charge in [0.1, 0.15) is 5.82 Å². The number of hydrogen-bond donors (Lipinski definition) is 0. The molecular formula is C11H18N2O3S. The summed E-state index contributed by atoms with van der Waals surface area (Å²) in [7, 11) is -1.79. The van der Waals surface area contributed by atoms with Gasteiger partial charge in [0.15, 0.2) is 0 Å². The van der Waals surface area contributed by atoms with Gasteiger partial charge in [0.25, 0.3) is 0 Å². The quantitative estimate of drug-likeness (QED) is 0.765. The van der Waals surface area contributed by atoms with Crippen LogP contribution in [0.1, 0.15) is 12.5 Å². The first-order valence-corrected chi connectivity index (χ1v) is 7.25. The van der Waals surface area contributed by atoms with Crippen molar-refractivity contribution in [2.24, 2.45) is 0 Å². The van der Waals surface area contributed by atoms with E-state index in [-0.39, 0.29) is 6.54 Å². The molecule has 0 radical (unpaired) electrons. The second kappa shape index (κ2) is 5.97. The summed E-state index contributed by atoms with van der Waals surface area (Å²) < 4.78 is 29.5. The maximum Gasteiger partial charge on any atom is 0.233 e. The van der Waals surface area contributed by atoms with E-state index in [1.54, 1.807) is 12.3 Å². The van der Waals surface area contributed by atoms with Crippen molar-refractivity contribution < 1.29 is 13.2 Å². The van der Waals surface area contributed by atoms with E-state index in [0.29, 0.717) is 12.4 Å². The van der Waals surface area contributed by atoms with Crippen molar-refractivity contribution in [1.82, 2.24) is 4.98 Å². The Morgan fingerprint density at radius 1 is 1.47 bits per heavy atom. The largest absolute Gasteiger partial charge is 0.383 e. The van der Waals surface area contributed by atoms with Crippen molar-refractivity contribution in [3.63, 3.8) is 0 Å². The second-order valence-electron chi connectivity index (χ2n) is 3.70. The van der Waals surface area contributed by atoms with Crippen molar-refractivity contribution in [2.45, 2.75) is 13.3 Å². The Morgan fingerprint density at radius 3 is 2.71 bits per heavy atom. The lowest BCUT2D eigenvalue weighted by atomic mass is 10.2. The molecule has 0 amide bonds. The molecule has 6 heteroatoms. The smallest absolute Gasteiger partial charge is 0.233 e. The highest BCUT2D eigenvalue weighted by Gasteiger charge is 2.18. The molecule has 1 aromatic heterocycles. The Morgan fingerprint density at radius 2 is 2.18 bits per heavy atom. The van der Waals surface area contributed by atoms with Crippen molar-refractivity contribution in [3.8, 4) is 0 Å². The topological polar surface area (TPSA) is 59.5 Å². The van der Waals surface area contributed by atoms with Crippen LogP contribution in [0.5, 0.6) is 0 Å². The van der Waals surface area contributed by atoms with E-state index < -0.39 is 10.0 Å². The van der Waals surface area contributed by atoms with Crippen LogP contribution in [-0.4, -0.2) is 39.9 Å². The Hall–Kier alpha value is -1.14. The van der Waals surface area contributed by atoms with Crippen LogP contribution in [0.4, 0.5) is 5.82 Å². The molecule has 0 fully saturated rings. The highest BCUT2D eigenvalue weighted by atomic mass is 32.2. The molecule has 0 aliphatic carbocycles. The lowest BCUT2D eigenvalue weighted by molar-refractivity contribution is 0.208. The zero-order valence-corrected chi connectivity index (χ0v) is 11.2. The number of pyridine rings is 1. The van der Waals surface area contributed by atoms with Gasteiger partial charge in [0.2, 0.25) is 10.0 Å². The van der Waals surface area contributed by atoms with E-state index in [2.05, 4.69) is 4.98 Å². The third-order valence-electron chi connectivity index (χ3n) is 2.37. The predicted octanol–water partition coefficient (Wildman–Crippen LogP) is 1.06. The Bertz CT molecular complexity index is 460. The summed E-state index contributed by atoms with van der Waals surface area (Å²) in [5.74, 6) is 0.448. The summed E-state index contributed by atoms with van der Waals surface area (Å²) in [6, 6.07) is 3.66. The minimum absolute atomic E-state index is 0.273. The van der Waals surface area contributed by atoms with Gasteiger partial charge in [-0.1, -0.05) is 6.92 Å². The number of hydrogen-bond acceptors (Lipinski definition) is 4. The van der Waals surface area contributed by atoms with Gasteiger partial charge in [0, 0.05) is 13.3 Å². The SMILES string of the molecule is CCc1ccnc(N(CCOC)S(C)(=O)=O)c1. The lowest BCUT2D eigenvalue weighted by Crippen LogP contribution is -2.33. The molecule has 0 N–H and O–H groups in total. The maximum absolute atomic E-state index is 11.7. The van der Waals surface area contributed by atoms with E-state index in [9.17, 15) is 8.42 Å². The first-order chi connectivity index (χ1) is 7.99. The Labute approximate surface area is 102 Å². The van der Waals surface area contributed by atoms with Gasteiger partial charge in [-0.3, -0.25) is 4.31 Å². The molecular weight excluding hydrogens is 240 g/mol. The summed E-state index contributed by atoms with van der Waals surface area (Å²) in [6.45, 7) is 2.62. The maximum atomic E-state index is 11.7. The van der Waals surface area contributed by atoms with E-state index in [1.165, 1.54) is 17.7 Å². The Balaban J connectivity index is 3.04. The fourth-order valence-electron chi connectivity index (χ4n) is 1.44. The molecule has 0 unspecified atom stereocenters. The van der Waals surface area contributed by atoms with Gasteiger partial charge in [-0.25, -0.2) is 13.4 Å². The molecule has 1 heterocycles. The standard InChI is InChI=1S/C11H18N2O3S/c1-4-10-5-6-12-11(9-10)13(7-8-16-2)17(3,14)15/h5-6,9H,4,7-8H2,1-3H3. The van der Waals surface area contributed by atoms with Gasteiger partial charge in [-0.2, -0.15) is 0 Å². The van der Waals surface area contributed by atoms with Crippen LogP contribution in [0.3, 0.4) is 0 Å². The third-order valence-corrected chi connectivity index (χ3v) is 3.54. The molecule has 96 valence electrons. The number of aryl methyl sites for hydroxylation is 1. The molecule has 1 rings (SSSR count). The number of ether oxygens (including phenoxy) is 1. The molecule has 5 nitrogen and oxygen atoms in total. The van der Waals surface area contributed by atoms with Crippen LogP contribution in [0.15, 0.2) is 18.3 Å².